The third-order valence-electron chi connectivity index (χ3n) is 4.41. The molecule has 1 fully saturated rings. The van der Waals surface area contributed by atoms with Gasteiger partial charge in [0.1, 0.15) is 0 Å². The molecule has 0 bridgehead atoms. The number of hydrogen-bond acceptors (Lipinski definition) is 4. The highest BCUT2D eigenvalue weighted by Crippen LogP contribution is 2.32. The van der Waals surface area contributed by atoms with Crippen LogP contribution in [0.25, 0.3) is 22.5 Å². The Labute approximate surface area is 146 Å². The van der Waals surface area contributed by atoms with Crippen LogP contribution < -0.4 is 4.90 Å². The highest BCUT2D eigenvalue weighted by atomic mass is 16.5. The first-order chi connectivity index (χ1) is 12.3. The zero-order valence-corrected chi connectivity index (χ0v) is 13.8. The fourth-order valence-corrected chi connectivity index (χ4v) is 3.14. The van der Waals surface area contributed by atoms with Gasteiger partial charge in [0, 0.05) is 29.9 Å². The summed E-state index contributed by atoms with van der Waals surface area (Å²) in [5, 5.41) is 16.7. The number of anilines is 1. The van der Waals surface area contributed by atoms with Crippen LogP contribution in [0, 0.1) is 11.3 Å². The second-order valence-corrected chi connectivity index (χ2v) is 5.98. The van der Waals surface area contributed by atoms with Crippen LogP contribution in [0.5, 0.6) is 0 Å². The lowest BCUT2D eigenvalue weighted by molar-refractivity contribution is 0.123. The topological polar surface area (TPSA) is 64.9 Å². The van der Waals surface area contributed by atoms with E-state index >= 15 is 0 Å². The van der Waals surface area contributed by atoms with Gasteiger partial charge in [-0.15, -0.1) is 0 Å². The molecule has 5 heteroatoms. The van der Waals surface area contributed by atoms with Crippen molar-refractivity contribution in [2.75, 3.05) is 31.2 Å². The Morgan fingerprint density at radius 3 is 2.72 bits per heavy atom. The maximum Gasteiger partial charge on any atom is 0.0991 e. The molecule has 0 saturated carbocycles. The second-order valence-electron chi connectivity index (χ2n) is 5.98. The molecule has 3 aromatic rings. The number of hydrogen-bond donors (Lipinski definition) is 1. The van der Waals surface area contributed by atoms with Gasteiger partial charge in [0.25, 0.3) is 0 Å². The number of nitrogens with one attached hydrogen (secondary N) is 1. The monoisotopic (exact) mass is 330 g/mol. The fourth-order valence-electron chi connectivity index (χ4n) is 3.14. The molecular formula is C20H18N4O. The van der Waals surface area contributed by atoms with Gasteiger partial charge >= 0.3 is 0 Å². The lowest BCUT2D eigenvalue weighted by Crippen LogP contribution is -2.36. The number of aromatic amines is 1. The number of para-hydroxylation sites is 1. The molecule has 0 aliphatic carbocycles. The summed E-state index contributed by atoms with van der Waals surface area (Å²) in [5.74, 6) is 0. The average Bonchev–Trinajstić information content (AvgIpc) is 3.19. The summed E-state index contributed by atoms with van der Waals surface area (Å²) in [4.78, 5) is 2.34. The number of morpholine rings is 1. The van der Waals surface area contributed by atoms with Crippen LogP contribution in [0.2, 0.25) is 0 Å². The number of aromatic nitrogens is 2. The number of benzene rings is 2. The van der Waals surface area contributed by atoms with Gasteiger partial charge in [0.2, 0.25) is 0 Å². The van der Waals surface area contributed by atoms with Crippen molar-refractivity contribution in [3.05, 3.63) is 60.2 Å². The molecule has 1 aromatic heterocycles. The Balaban J connectivity index is 1.70. The van der Waals surface area contributed by atoms with Crippen molar-refractivity contribution in [1.29, 1.82) is 5.26 Å². The molecule has 124 valence electrons. The summed E-state index contributed by atoms with van der Waals surface area (Å²) in [6, 6.07) is 20.0. The van der Waals surface area contributed by atoms with Crippen LogP contribution >= 0.6 is 0 Å². The first-order valence-electron chi connectivity index (χ1n) is 8.33. The molecule has 0 unspecified atom stereocenters. The van der Waals surface area contributed by atoms with Gasteiger partial charge in [-0.05, 0) is 24.3 Å². The predicted molar refractivity (Wildman–Crippen MR) is 97.2 cm³/mol. The molecule has 1 aliphatic heterocycles. The summed E-state index contributed by atoms with van der Waals surface area (Å²) in [6.07, 6.45) is 0. The van der Waals surface area contributed by atoms with E-state index in [1.807, 2.05) is 30.3 Å². The van der Waals surface area contributed by atoms with Crippen LogP contribution in [-0.2, 0) is 4.74 Å². The van der Waals surface area contributed by atoms with E-state index in [-0.39, 0.29) is 0 Å². The molecule has 1 saturated heterocycles. The van der Waals surface area contributed by atoms with Gasteiger partial charge < -0.3 is 9.64 Å². The molecule has 0 radical (unpaired) electrons. The highest BCUT2D eigenvalue weighted by molar-refractivity contribution is 5.79. The Morgan fingerprint density at radius 2 is 1.88 bits per heavy atom. The normalized spacial score (nSPS) is 14.3. The quantitative estimate of drug-likeness (QED) is 0.799. The van der Waals surface area contributed by atoms with E-state index in [0.717, 1.165) is 48.8 Å². The minimum absolute atomic E-state index is 0.635. The lowest BCUT2D eigenvalue weighted by Gasteiger charge is -2.30. The number of rotatable bonds is 3. The fraction of sp³-hybridized carbons (Fsp3) is 0.200. The van der Waals surface area contributed by atoms with Crippen molar-refractivity contribution < 1.29 is 4.74 Å². The summed E-state index contributed by atoms with van der Waals surface area (Å²) in [5.41, 5.74) is 5.69. The van der Waals surface area contributed by atoms with E-state index in [4.69, 9.17) is 10.00 Å². The molecule has 5 nitrogen and oxygen atoms in total. The Morgan fingerprint density at radius 1 is 1.04 bits per heavy atom. The van der Waals surface area contributed by atoms with Gasteiger partial charge in [0.05, 0.1) is 36.2 Å². The molecule has 0 atom stereocenters. The highest BCUT2D eigenvalue weighted by Gasteiger charge is 2.16. The van der Waals surface area contributed by atoms with Gasteiger partial charge in [-0.25, -0.2) is 0 Å². The van der Waals surface area contributed by atoms with Crippen LogP contribution in [-0.4, -0.2) is 36.5 Å². The molecule has 0 spiro atoms. The summed E-state index contributed by atoms with van der Waals surface area (Å²) in [6.45, 7) is 3.29. The minimum atomic E-state index is 0.635. The molecule has 2 heterocycles. The molecule has 4 rings (SSSR count). The number of nitrogens with zero attached hydrogens (tertiary/aromatic N) is 3. The summed E-state index contributed by atoms with van der Waals surface area (Å²) >= 11 is 0. The van der Waals surface area contributed by atoms with E-state index in [1.165, 1.54) is 5.69 Å². The maximum absolute atomic E-state index is 9.08. The van der Waals surface area contributed by atoms with Crippen LogP contribution in [0.1, 0.15) is 5.56 Å². The van der Waals surface area contributed by atoms with E-state index in [0.29, 0.717) is 5.56 Å². The van der Waals surface area contributed by atoms with Crippen molar-refractivity contribution in [2.24, 2.45) is 0 Å². The van der Waals surface area contributed by atoms with Crippen LogP contribution in [0.15, 0.2) is 54.6 Å². The van der Waals surface area contributed by atoms with Crippen LogP contribution in [0.3, 0.4) is 0 Å². The second kappa shape index (κ2) is 6.80. The number of H-pyrrole nitrogens is 1. The Hall–Kier alpha value is -3.10. The van der Waals surface area contributed by atoms with Crippen molar-refractivity contribution in [1.82, 2.24) is 10.2 Å². The minimum Gasteiger partial charge on any atom is -0.378 e. The van der Waals surface area contributed by atoms with Gasteiger partial charge in [-0.1, -0.05) is 30.3 Å². The van der Waals surface area contributed by atoms with Crippen molar-refractivity contribution >= 4 is 5.69 Å². The lowest BCUT2D eigenvalue weighted by atomic mass is 10.1. The standard InChI is InChI=1S/C20H18N4O/c21-14-15-4-3-5-16(12-15)18-13-19(23-22-18)17-6-1-2-7-20(17)24-8-10-25-11-9-24/h1-7,12-13H,8-11H2,(H,22,23). The third kappa shape index (κ3) is 3.12. The van der Waals surface area contributed by atoms with E-state index in [1.54, 1.807) is 6.07 Å². The van der Waals surface area contributed by atoms with Gasteiger partial charge in [-0.3, -0.25) is 5.10 Å². The first-order valence-corrected chi connectivity index (χ1v) is 8.33. The van der Waals surface area contributed by atoms with Gasteiger partial charge in [-0.2, -0.15) is 10.4 Å². The Kier molecular flexibility index (Phi) is 4.19. The van der Waals surface area contributed by atoms with Crippen molar-refractivity contribution in [3.8, 4) is 28.6 Å². The van der Waals surface area contributed by atoms with Crippen LogP contribution in [0.4, 0.5) is 5.69 Å². The molecular weight excluding hydrogens is 312 g/mol. The maximum atomic E-state index is 9.08. The molecule has 25 heavy (non-hydrogen) atoms. The zero-order chi connectivity index (χ0) is 17.1. The third-order valence-corrected chi connectivity index (χ3v) is 4.41. The number of nitriles is 1. The SMILES string of the molecule is N#Cc1cccc(-c2cc(-c3ccccc3N3CCOCC3)[nH]n2)c1. The zero-order valence-electron chi connectivity index (χ0n) is 13.8. The van der Waals surface area contributed by atoms with Gasteiger partial charge in [0.15, 0.2) is 0 Å². The van der Waals surface area contributed by atoms with E-state index in [9.17, 15) is 0 Å². The summed E-state index contributed by atoms with van der Waals surface area (Å²) in [7, 11) is 0. The summed E-state index contributed by atoms with van der Waals surface area (Å²) < 4.78 is 5.46. The molecule has 2 aromatic carbocycles. The predicted octanol–water partition coefficient (Wildman–Crippen LogP) is 3.45. The van der Waals surface area contributed by atoms with E-state index in [2.05, 4.69) is 39.4 Å². The Bertz CT molecular complexity index is 919. The van der Waals surface area contributed by atoms with E-state index < -0.39 is 0 Å². The average molecular weight is 330 g/mol. The molecule has 1 N–H and O–H groups in total. The molecule has 0 amide bonds. The first kappa shape index (κ1) is 15.4. The van der Waals surface area contributed by atoms with Crippen molar-refractivity contribution in [2.45, 2.75) is 0 Å². The molecule has 1 aliphatic rings. The smallest absolute Gasteiger partial charge is 0.0991 e. The number of ether oxygens (including phenoxy) is 1. The largest absolute Gasteiger partial charge is 0.378 e. The van der Waals surface area contributed by atoms with Crippen molar-refractivity contribution in [3.63, 3.8) is 0 Å².